The number of nitrogens with zero attached hydrogens (tertiary/aromatic N) is 1. The highest BCUT2D eigenvalue weighted by molar-refractivity contribution is 6.31. The van der Waals surface area contributed by atoms with Crippen LogP contribution in [0.4, 0.5) is 15.8 Å². The van der Waals surface area contributed by atoms with Crippen molar-refractivity contribution in [2.24, 2.45) is 5.41 Å². The van der Waals surface area contributed by atoms with Gasteiger partial charge in [0, 0.05) is 28.7 Å². The van der Waals surface area contributed by atoms with Crippen molar-refractivity contribution in [2.75, 3.05) is 17.7 Å². The number of hydrogen-bond acceptors (Lipinski definition) is 5. The second-order valence-electron chi connectivity index (χ2n) is 11.6. The molecule has 1 fully saturated rings. The molecule has 1 saturated heterocycles. The van der Waals surface area contributed by atoms with Gasteiger partial charge >= 0.3 is 0 Å². The van der Waals surface area contributed by atoms with Crippen LogP contribution in [0.5, 0.6) is 5.75 Å². The van der Waals surface area contributed by atoms with Gasteiger partial charge in [0.05, 0.1) is 35.5 Å². The molecular formula is C31H29Cl2FN4O3. The highest BCUT2D eigenvalue weighted by atomic mass is 35.5. The van der Waals surface area contributed by atoms with E-state index in [0.29, 0.717) is 39.7 Å². The largest absolute Gasteiger partial charge is 0.495 e. The number of anilines is 2. The second-order valence-corrected chi connectivity index (χ2v) is 12.5. The van der Waals surface area contributed by atoms with Gasteiger partial charge in [0.15, 0.2) is 0 Å². The number of amides is 2. The lowest BCUT2D eigenvalue weighted by Gasteiger charge is -2.37. The average Bonchev–Trinajstić information content (AvgIpc) is 3.39. The van der Waals surface area contributed by atoms with Crippen LogP contribution in [0.25, 0.3) is 0 Å². The Morgan fingerprint density at radius 2 is 1.93 bits per heavy atom. The molecule has 0 aliphatic carbocycles. The summed E-state index contributed by atoms with van der Waals surface area (Å²) in [6, 6.07) is 14.8. The van der Waals surface area contributed by atoms with Gasteiger partial charge < -0.3 is 20.7 Å². The minimum Gasteiger partial charge on any atom is -0.495 e. The Morgan fingerprint density at radius 3 is 2.61 bits per heavy atom. The van der Waals surface area contributed by atoms with Crippen molar-refractivity contribution >= 4 is 46.4 Å². The van der Waals surface area contributed by atoms with Crippen molar-refractivity contribution < 1.29 is 18.7 Å². The molecule has 2 aliphatic heterocycles. The van der Waals surface area contributed by atoms with Crippen molar-refractivity contribution in [1.29, 1.82) is 5.26 Å². The summed E-state index contributed by atoms with van der Waals surface area (Å²) in [7, 11) is 1.43. The van der Waals surface area contributed by atoms with E-state index in [1.807, 2.05) is 26.8 Å². The molecule has 2 aliphatic rings. The SMILES string of the molecule is COc1cc(C#N)ccc1NC(=O)[C@H]1N[C@@H](CC(C)(C)C)[C@@]2(C(=O)Nc3cc(Cl)ccc32)[C@H]1c1cccc(Cl)c1F. The van der Waals surface area contributed by atoms with Gasteiger partial charge in [0.25, 0.3) is 0 Å². The topological polar surface area (TPSA) is 103 Å². The van der Waals surface area contributed by atoms with E-state index in [4.69, 9.17) is 27.9 Å². The molecule has 5 rings (SSSR count). The minimum absolute atomic E-state index is 0.112. The average molecular weight is 596 g/mol. The molecule has 41 heavy (non-hydrogen) atoms. The molecule has 0 bridgehead atoms. The summed E-state index contributed by atoms with van der Waals surface area (Å²) in [5.41, 5.74) is 0.357. The van der Waals surface area contributed by atoms with Gasteiger partial charge in [-0.2, -0.15) is 5.26 Å². The summed E-state index contributed by atoms with van der Waals surface area (Å²) in [4.78, 5) is 28.3. The fraction of sp³-hybridized carbons (Fsp3) is 0.323. The maximum atomic E-state index is 15.9. The van der Waals surface area contributed by atoms with Gasteiger partial charge in [-0.25, -0.2) is 4.39 Å². The molecule has 3 N–H and O–H groups in total. The van der Waals surface area contributed by atoms with Gasteiger partial charge in [0.1, 0.15) is 17.0 Å². The van der Waals surface area contributed by atoms with Crippen molar-refractivity contribution in [2.45, 2.75) is 50.6 Å². The van der Waals surface area contributed by atoms with Gasteiger partial charge in [-0.1, -0.05) is 62.2 Å². The Hall–Kier alpha value is -3.64. The van der Waals surface area contributed by atoms with Crippen molar-refractivity contribution in [3.63, 3.8) is 0 Å². The van der Waals surface area contributed by atoms with Crippen LogP contribution in [0, 0.1) is 22.6 Å². The van der Waals surface area contributed by atoms with Crippen molar-refractivity contribution in [1.82, 2.24) is 5.32 Å². The first-order chi connectivity index (χ1) is 19.4. The Kier molecular flexibility index (Phi) is 7.49. The quantitative estimate of drug-likeness (QED) is 0.317. The molecule has 7 nitrogen and oxygen atoms in total. The number of ether oxygens (including phenoxy) is 1. The van der Waals surface area contributed by atoms with Crippen LogP contribution in [0.3, 0.4) is 0 Å². The van der Waals surface area contributed by atoms with Crippen LogP contribution in [-0.2, 0) is 15.0 Å². The van der Waals surface area contributed by atoms with E-state index in [0.717, 1.165) is 0 Å². The first kappa shape index (κ1) is 28.9. The molecule has 0 aromatic heterocycles. The summed E-state index contributed by atoms with van der Waals surface area (Å²) >= 11 is 12.5. The van der Waals surface area contributed by atoms with Crippen molar-refractivity contribution in [3.8, 4) is 11.8 Å². The maximum Gasteiger partial charge on any atom is 0.242 e. The number of hydrogen-bond donors (Lipinski definition) is 3. The zero-order valence-corrected chi connectivity index (χ0v) is 24.5. The first-order valence-electron chi connectivity index (χ1n) is 13.1. The fourth-order valence-corrected chi connectivity index (χ4v) is 6.58. The fourth-order valence-electron chi connectivity index (χ4n) is 6.23. The number of rotatable bonds is 5. The summed E-state index contributed by atoms with van der Waals surface area (Å²) in [5.74, 6) is -2.24. The number of nitriles is 1. The van der Waals surface area contributed by atoms with E-state index in [-0.39, 0.29) is 21.9 Å². The smallest absolute Gasteiger partial charge is 0.242 e. The summed E-state index contributed by atoms with van der Waals surface area (Å²) in [5, 5.41) is 18.9. The normalized spacial score (nSPS) is 23.2. The van der Waals surface area contributed by atoms with Gasteiger partial charge in [-0.05, 0) is 53.3 Å². The van der Waals surface area contributed by atoms with E-state index in [1.165, 1.54) is 19.2 Å². The number of benzene rings is 3. The Labute approximate surface area is 248 Å². The lowest BCUT2D eigenvalue weighted by molar-refractivity contribution is -0.122. The third-order valence-electron chi connectivity index (χ3n) is 7.81. The summed E-state index contributed by atoms with van der Waals surface area (Å²) in [6.45, 7) is 6.13. The maximum absolute atomic E-state index is 15.9. The van der Waals surface area contributed by atoms with E-state index in [2.05, 4.69) is 16.0 Å². The van der Waals surface area contributed by atoms with Gasteiger partial charge in [-0.3, -0.25) is 9.59 Å². The van der Waals surface area contributed by atoms with Crippen LogP contribution < -0.4 is 20.7 Å². The summed E-state index contributed by atoms with van der Waals surface area (Å²) < 4.78 is 21.3. The Balaban J connectivity index is 1.71. The third-order valence-corrected chi connectivity index (χ3v) is 8.34. The van der Waals surface area contributed by atoms with E-state index in [1.54, 1.807) is 42.5 Å². The number of carbonyl (C=O) groups is 2. The molecule has 2 heterocycles. The molecule has 10 heteroatoms. The molecule has 0 radical (unpaired) electrons. The predicted octanol–water partition coefficient (Wildman–Crippen LogP) is 6.40. The predicted molar refractivity (Wildman–Crippen MR) is 157 cm³/mol. The van der Waals surface area contributed by atoms with Gasteiger partial charge in [0.2, 0.25) is 11.8 Å². The van der Waals surface area contributed by atoms with E-state index < -0.39 is 35.1 Å². The van der Waals surface area contributed by atoms with Crippen LogP contribution in [0.1, 0.15) is 49.8 Å². The number of nitrogens with one attached hydrogen (secondary N) is 3. The second kappa shape index (κ2) is 10.6. The lowest BCUT2D eigenvalue weighted by Crippen LogP contribution is -2.49. The standard InChI is InChI=1S/C31H29Cl2FN4O3/c1-30(2,3)14-24-31(19-10-9-17(32)13-22(19)37-29(31)40)25(18-6-5-7-20(33)26(18)34)27(38-24)28(39)36-21-11-8-16(15-35)12-23(21)41-4/h5-13,24-25,27,38H,14H2,1-4H3,(H,36,39)(H,37,40)/t24-,25-,27-,31+/m0/s1. The number of carbonyl (C=O) groups excluding carboxylic acids is 2. The van der Waals surface area contributed by atoms with Crippen LogP contribution in [0.2, 0.25) is 10.0 Å². The van der Waals surface area contributed by atoms with Gasteiger partial charge in [-0.15, -0.1) is 0 Å². The van der Waals surface area contributed by atoms with Crippen LogP contribution >= 0.6 is 23.2 Å². The third kappa shape index (κ3) is 4.93. The molecular weight excluding hydrogens is 566 g/mol. The zero-order valence-electron chi connectivity index (χ0n) is 22.9. The molecule has 212 valence electrons. The number of fused-ring (bicyclic) bond motifs is 2. The molecule has 0 unspecified atom stereocenters. The molecule has 3 aromatic carbocycles. The van der Waals surface area contributed by atoms with Crippen LogP contribution in [-0.4, -0.2) is 31.0 Å². The molecule has 4 atom stereocenters. The van der Waals surface area contributed by atoms with E-state index in [9.17, 15) is 14.9 Å². The Morgan fingerprint density at radius 1 is 1.17 bits per heavy atom. The Bertz CT molecular complexity index is 1600. The molecule has 2 amide bonds. The lowest BCUT2D eigenvalue weighted by atomic mass is 9.62. The first-order valence-corrected chi connectivity index (χ1v) is 13.9. The summed E-state index contributed by atoms with van der Waals surface area (Å²) in [6.07, 6.45) is 0.491. The molecule has 1 spiro atoms. The number of halogens is 3. The van der Waals surface area contributed by atoms with Crippen LogP contribution in [0.15, 0.2) is 54.6 Å². The van der Waals surface area contributed by atoms with Crippen molar-refractivity contribution in [3.05, 3.63) is 87.2 Å². The molecule has 0 saturated carbocycles. The zero-order chi connectivity index (χ0) is 29.7. The monoisotopic (exact) mass is 594 g/mol. The number of methoxy groups -OCH3 is 1. The molecule has 3 aromatic rings. The highest BCUT2D eigenvalue weighted by Gasteiger charge is 2.66. The van der Waals surface area contributed by atoms with E-state index >= 15 is 4.39 Å². The highest BCUT2D eigenvalue weighted by Crippen LogP contribution is 2.57. The minimum atomic E-state index is -1.37.